The summed E-state index contributed by atoms with van der Waals surface area (Å²) in [6, 6.07) is 7.56. The Morgan fingerprint density at radius 2 is 2.11 bits per heavy atom. The van der Waals surface area contributed by atoms with Crippen molar-refractivity contribution in [2.75, 3.05) is 13.1 Å². The highest BCUT2D eigenvalue weighted by Crippen LogP contribution is 2.10. The molecule has 0 unspecified atom stereocenters. The van der Waals surface area contributed by atoms with E-state index in [0.29, 0.717) is 17.0 Å². The van der Waals surface area contributed by atoms with Gasteiger partial charge in [0.1, 0.15) is 0 Å². The molecule has 104 valence electrons. The van der Waals surface area contributed by atoms with Crippen LogP contribution in [0.25, 0.3) is 0 Å². The van der Waals surface area contributed by atoms with E-state index < -0.39 is 0 Å². The van der Waals surface area contributed by atoms with Gasteiger partial charge in [-0.2, -0.15) is 0 Å². The number of carbonyl (C=O) groups excluding carboxylic acids is 1. The molecule has 4 heteroatoms. The Morgan fingerprint density at radius 3 is 2.68 bits per heavy atom. The average molecular weight is 278 g/mol. The highest BCUT2D eigenvalue weighted by atomic mass is 32.1. The van der Waals surface area contributed by atoms with Crippen molar-refractivity contribution in [1.29, 1.82) is 0 Å². The molecule has 0 aliphatic carbocycles. The van der Waals surface area contributed by atoms with Gasteiger partial charge in [-0.3, -0.25) is 4.79 Å². The van der Waals surface area contributed by atoms with Gasteiger partial charge in [0.05, 0.1) is 4.99 Å². The standard InChI is InChI=1S/C15H22N2OS/c1-3-5-9-17(4-2)15(18)13-8-6-7-12(10-13)11-14(16)19/h6-8,10H,3-5,9,11H2,1-2H3,(H2,16,19). The van der Waals surface area contributed by atoms with E-state index in [2.05, 4.69) is 6.92 Å². The molecule has 0 heterocycles. The molecular formula is C15H22N2OS. The molecular weight excluding hydrogens is 256 g/mol. The zero-order chi connectivity index (χ0) is 14.3. The van der Waals surface area contributed by atoms with E-state index in [0.717, 1.165) is 31.5 Å². The zero-order valence-electron chi connectivity index (χ0n) is 11.7. The van der Waals surface area contributed by atoms with Gasteiger partial charge in [0.15, 0.2) is 0 Å². The molecule has 1 rings (SSSR count). The van der Waals surface area contributed by atoms with E-state index in [1.807, 2.05) is 36.1 Å². The van der Waals surface area contributed by atoms with Crippen LogP contribution in [0.5, 0.6) is 0 Å². The Morgan fingerprint density at radius 1 is 1.37 bits per heavy atom. The highest BCUT2D eigenvalue weighted by Gasteiger charge is 2.13. The first kappa shape index (κ1) is 15.6. The molecule has 0 radical (unpaired) electrons. The topological polar surface area (TPSA) is 46.3 Å². The lowest BCUT2D eigenvalue weighted by atomic mass is 10.1. The molecule has 0 bridgehead atoms. The fraction of sp³-hybridized carbons (Fsp3) is 0.467. The van der Waals surface area contributed by atoms with Gasteiger partial charge in [-0.05, 0) is 31.0 Å². The zero-order valence-corrected chi connectivity index (χ0v) is 12.5. The first-order valence-corrected chi connectivity index (χ1v) is 7.15. The number of hydrogen-bond donors (Lipinski definition) is 1. The lowest BCUT2D eigenvalue weighted by molar-refractivity contribution is 0.0762. The van der Waals surface area contributed by atoms with Crippen LogP contribution in [0.15, 0.2) is 24.3 Å². The van der Waals surface area contributed by atoms with Crippen LogP contribution < -0.4 is 5.73 Å². The molecule has 0 fully saturated rings. The van der Waals surface area contributed by atoms with Crippen LogP contribution in [0, 0.1) is 0 Å². The minimum atomic E-state index is 0.0840. The Bertz CT molecular complexity index is 446. The van der Waals surface area contributed by atoms with Crippen LogP contribution >= 0.6 is 12.2 Å². The molecule has 2 N–H and O–H groups in total. The number of nitrogens with two attached hydrogens (primary N) is 1. The van der Waals surface area contributed by atoms with Crippen LogP contribution in [0.1, 0.15) is 42.6 Å². The van der Waals surface area contributed by atoms with Crippen molar-refractivity contribution in [3.05, 3.63) is 35.4 Å². The van der Waals surface area contributed by atoms with Gasteiger partial charge in [-0.1, -0.05) is 37.7 Å². The molecule has 0 aliphatic heterocycles. The maximum absolute atomic E-state index is 12.4. The third kappa shape index (κ3) is 4.99. The second-order valence-electron chi connectivity index (χ2n) is 4.58. The summed E-state index contributed by atoms with van der Waals surface area (Å²) in [6.07, 6.45) is 2.66. The van der Waals surface area contributed by atoms with Crippen LogP contribution in [0.2, 0.25) is 0 Å². The third-order valence-corrected chi connectivity index (χ3v) is 3.15. The number of amides is 1. The smallest absolute Gasteiger partial charge is 0.253 e. The largest absolute Gasteiger partial charge is 0.393 e. The number of rotatable bonds is 7. The third-order valence-electron chi connectivity index (χ3n) is 3.00. The van der Waals surface area contributed by atoms with E-state index in [4.69, 9.17) is 18.0 Å². The van der Waals surface area contributed by atoms with Gasteiger partial charge in [-0.25, -0.2) is 0 Å². The van der Waals surface area contributed by atoms with Crippen LogP contribution in [-0.4, -0.2) is 28.9 Å². The van der Waals surface area contributed by atoms with Crippen LogP contribution in [-0.2, 0) is 6.42 Å². The lowest BCUT2D eigenvalue weighted by Gasteiger charge is -2.21. The maximum Gasteiger partial charge on any atom is 0.253 e. The van der Waals surface area contributed by atoms with Crippen molar-refractivity contribution in [1.82, 2.24) is 4.90 Å². The molecule has 0 aromatic heterocycles. The fourth-order valence-corrected chi connectivity index (χ4v) is 2.12. The van der Waals surface area contributed by atoms with Gasteiger partial charge in [0.25, 0.3) is 5.91 Å². The number of unbranched alkanes of at least 4 members (excludes halogenated alkanes) is 1. The summed E-state index contributed by atoms with van der Waals surface area (Å²) in [7, 11) is 0. The highest BCUT2D eigenvalue weighted by molar-refractivity contribution is 7.80. The van der Waals surface area contributed by atoms with E-state index in [9.17, 15) is 4.79 Å². The van der Waals surface area contributed by atoms with Gasteiger partial charge in [0.2, 0.25) is 0 Å². The van der Waals surface area contributed by atoms with Gasteiger partial charge >= 0.3 is 0 Å². The van der Waals surface area contributed by atoms with E-state index in [-0.39, 0.29) is 5.91 Å². The quantitative estimate of drug-likeness (QED) is 0.780. The van der Waals surface area contributed by atoms with E-state index >= 15 is 0 Å². The van der Waals surface area contributed by atoms with E-state index in [1.165, 1.54) is 0 Å². The fourth-order valence-electron chi connectivity index (χ4n) is 1.95. The SMILES string of the molecule is CCCCN(CC)C(=O)c1cccc(CC(N)=S)c1. The molecule has 0 saturated heterocycles. The summed E-state index contributed by atoms with van der Waals surface area (Å²) in [5, 5.41) is 0. The Labute approximate surface area is 120 Å². The Balaban J connectivity index is 2.82. The van der Waals surface area contributed by atoms with Gasteiger partial charge in [0, 0.05) is 25.1 Å². The van der Waals surface area contributed by atoms with Gasteiger partial charge in [-0.15, -0.1) is 0 Å². The molecule has 0 saturated carbocycles. The van der Waals surface area contributed by atoms with Crippen molar-refractivity contribution < 1.29 is 4.79 Å². The molecule has 0 spiro atoms. The predicted octanol–water partition coefficient (Wildman–Crippen LogP) is 2.78. The number of thiocarbonyl (C=S) groups is 1. The van der Waals surface area contributed by atoms with Crippen LogP contribution in [0.3, 0.4) is 0 Å². The molecule has 1 aromatic rings. The normalized spacial score (nSPS) is 10.2. The van der Waals surface area contributed by atoms with Crippen LogP contribution in [0.4, 0.5) is 0 Å². The average Bonchev–Trinajstić information content (AvgIpc) is 2.39. The number of nitrogens with zero attached hydrogens (tertiary/aromatic N) is 1. The van der Waals surface area contributed by atoms with E-state index in [1.54, 1.807) is 0 Å². The Hall–Kier alpha value is -1.42. The summed E-state index contributed by atoms with van der Waals surface area (Å²) in [6.45, 7) is 5.68. The predicted molar refractivity (Wildman–Crippen MR) is 83.4 cm³/mol. The summed E-state index contributed by atoms with van der Waals surface area (Å²) >= 11 is 4.90. The molecule has 0 atom stereocenters. The minimum Gasteiger partial charge on any atom is -0.393 e. The summed E-state index contributed by atoms with van der Waals surface area (Å²) in [4.78, 5) is 14.7. The molecule has 19 heavy (non-hydrogen) atoms. The molecule has 1 amide bonds. The van der Waals surface area contributed by atoms with Crippen molar-refractivity contribution in [2.45, 2.75) is 33.1 Å². The molecule has 1 aromatic carbocycles. The number of carbonyl (C=O) groups is 1. The second-order valence-corrected chi connectivity index (χ2v) is 5.11. The summed E-state index contributed by atoms with van der Waals surface area (Å²) in [5.74, 6) is 0.0840. The maximum atomic E-state index is 12.4. The number of benzene rings is 1. The van der Waals surface area contributed by atoms with Crippen molar-refractivity contribution >= 4 is 23.1 Å². The monoisotopic (exact) mass is 278 g/mol. The summed E-state index contributed by atoms with van der Waals surface area (Å²) in [5.41, 5.74) is 7.24. The van der Waals surface area contributed by atoms with Crippen molar-refractivity contribution in [2.24, 2.45) is 5.73 Å². The second kappa shape index (κ2) is 7.89. The minimum absolute atomic E-state index is 0.0840. The number of hydrogen-bond acceptors (Lipinski definition) is 2. The Kier molecular flexibility index (Phi) is 6.50. The molecule has 0 aliphatic rings. The molecule has 3 nitrogen and oxygen atoms in total. The van der Waals surface area contributed by atoms with Gasteiger partial charge < -0.3 is 10.6 Å². The van der Waals surface area contributed by atoms with Crippen molar-refractivity contribution in [3.8, 4) is 0 Å². The van der Waals surface area contributed by atoms with Crippen molar-refractivity contribution in [3.63, 3.8) is 0 Å². The lowest BCUT2D eigenvalue weighted by Crippen LogP contribution is -2.31. The first-order valence-electron chi connectivity index (χ1n) is 6.75. The summed E-state index contributed by atoms with van der Waals surface area (Å²) < 4.78 is 0. The first-order chi connectivity index (χ1) is 9.08.